The SMILES string of the molecule is CCCCCC1CCC(C(=O)OC2CCC(C(F)(F)F)CC2)CC1. The van der Waals surface area contributed by atoms with E-state index in [0.717, 1.165) is 31.6 Å². The first-order valence-corrected chi connectivity index (χ1v) is 9.67. The molecule has 0 aliphatic heterocycles. The molecule has 0 unspecified atom stereocenters. The Balaban J connectivity index is 1.65. The number of carbonyl (C=O) groups excluding carboxylic acids is 1. The van der Waals surface area contributed by atoms with Gasteiger partial charge >= 0.3 is 12.1 Å². The molecule has 2 rings (SSSR count). The van der Waals surface area contributed by atoms with Gasteiger partial charge in [0.15, 0.2) is 0 Å². The van der Waals surface area contributed by atoms with E-state index in [1.165, 1.54) is 25.7 Å². The van der Waals surface area contributed by atoms with Gasteiger partial charge in [0.1, 0.15) is 6.10 Å². The maximum atomic E-state index is 12.7. The monoisotopic (exact) mass is 348 g/mol. The summed E-state index contributed by atoms with van der Waals surface area (Å²) in [5, 5.41) is 0. The zero-order valence-corrected chi connectivity index (χ0v) is 14.7. The fourth-order valence-corrected chi connectivity index (χ4v) is 4.14. The first-order valence-electron chi connectivity index (χ1n) is 9.67. The van der Waals surface area contributed by atoms with Crippen LogP contribution >= 0.6 is 0 Å². The lowest BCUT2D eigenvalue weighted by molar-refractivity contribution is -0.189. The van der Waals surface area contributed by atoms with Crippen LogP contribution in [0.1, 0.15) is 84.0 Å². The van der Waals surface area contributed by atoms with Gasteiger partial charge in [-0.1, -0.05) is 32.6 Å². The number of hydrogen-bond acceptors (Lipinski definition) is 2. The highest BCUT2D eigenvalue weighted by Crippen LogP contribution is 2.39. The highest BCUT2D eigenvalue weighted by atomic mass is 19.4. The second-order valence-corrected chi connectivity index (χ2v) is 7.67. The Morgan fingerprint density at radius 1 is 0.958 bits per heavy atom. The number of alkyl halides is 3. The molecule has 5 heteroatoms. The van der Waals surface area contributed by atoms with Crippen LogP contribution in [-0.4, -0.2) is 18.2 Å². The molecule has 0 aromatic rings. The molecule has 0 aromatic heterocycles. The van der Waals surface area contributed by atoms with Gasteiger partial charge in [0.05, 0.1) is 11.8 Å². The van der Waals surface area contributed by atoms with E-state index >= 15 is 0 Å². The second kappa shape index (κ2) is 9.10. The van der Waals surface area contributed by atoms with E-state index in [4.69, 9.17) is 4.74 Å². The molecule has 0 spiro atoms. The van der Waals surface area contributed by atoms with Gasteiger partial charge in [-0.05, 0) is 57.3 Å². The van der Waals surface area contributed by atoms with Gasteiger partial charge in [0.2, 0.25) is 0 Å². The van der Waals surface area contributed by atoms with Crippen LogP contribution in [0.15, 0.2) is 0 Å². The highest BCUT2D eigenvalue weighted by molar-refractivity contribution is 5.72. The van der Waals surface area contributed by atoms with Crippen LogP contribution in [0, 0.1) is 17.8 Å². The molecule has 2 aliphatic carbocycles. The van der Waals surface area contributed by atoms with Crippen LogP contribution in [-0.2, 0) is 9.53 Å². The maximum absolute atomic E-state index is 12.7. The van der Waals surface area contributed by atoms with E-state index in [2.05, 4.69) is 6.92 Å². The van der Waals surface area contributed by atoms with E-state index in [1.54, 1.807) is 0 Å². The Kier molecular flexibility index (Phi) is 7.42. The molecular weight excluding hydrogens is 317 g/mol. The summed E-state index contributed by atoms with van der Waals surface area (Å²) in [5.74, 6) is -0.681. The third kappa shape index (κ3) is 5.96. The molecule has 0 saturated heterocycles. The smallest absolute Gasteiger partial charge is 0.391 e. The molecule has 140 valence electrons. The molecule has 0 aromatic carbocycles. The van der Waals surface area contributed by atoms with Gasteiger partial charge in [-0.3, -0.25) is 4.79 Å². The molecule has 0 atom stereocenters. The minimum absolute atomic E-state index is 0.0345. The van der Waals surface area contributed by atoms with Crippen molar-refractivity contribution < 1.29 is 22.7 Å². The van der Waals surface area contributed by atoms with Crippen molar-refractivity contribution in [2.75, 3.05) is 0 Å². The predicted molar refractivity (Wildman–Crippen MR) is 87.5 cm³/mol. The van der Waals surface area contributed by atoms with Crippen LogP contribution in [0.3, 0.4) is 0 Å². The molecule has 0 radical (unpaired) electrons. The Morgan fingerprint density at radius 2 is 1.58 bits per heavy atom. The molecule has 2 aliphatic rings. The fourth-order valence-electron chi connectivity index (χ4n) is 4.14. The van der Waals surface area contributed by atoms with E-state index < -0.39 is 12.1 Å². The molecule has 2 saturated carbocycles. The van der Waals surface area contributed by atoms with Crippen LogP contribution in [0.2, 0.25) is 0 Å². The van der Waals surface area contributed by atoms with Gasteiger partial charge < -0.3 is 4.74 Å². The van der Waals surface area contributed by atoms with Crippen molar-refractivity contribution in [2.45, 2.75) is 96.3 Å². The summed E-state index contributed by atoms with van der Waals surface area (Å²) >= 11 is 0. The first-order chi connectivity index (χ1) is 11.4. The number of halogens is 3. The molecule has 0 N–H and O–H groups in total. The minimum Gasteiger partial charge on any atom is -0.462 e. The topological polar surface area (TPSA) is 26.3 Å². The van der Waals surface area contributed by atoms with Crippen molar-refractivity contribution in [3.8, 4) is 0 Å². The van der Waals surface area contributed by atoms with Crippen LogP contribution in [0.25, 0.3) is 0 Å². The minimum atomic E-state index is -4.11. The molecule has 2 fully saturated rings. The summed E-state index contributed by atoms with van der Waals surface area (Å²) in [6.07, 6.45) is 5.46. The lowest BCUT2D eigenvalue weighted by Gasteiger charge is -2.32. The zero-order chi connectivity index (χ0) is 17.6. The second-order valence-electron chi connectivity index (χ2n) is 7.67. The van der Waals surface area contributed by atoms with Crippen molar-refractivity contribution in [2.24, 2.45) is 17.8 Å². The summed E-state index contributed by atoms with van der Waals surface area (Å²) in [4.78, 5) is 12.3. The Labute approximate surface area is 143 Å². The van der Waals surface area contributed by atoms with Crippen molar-refractivity contribution in [1.82, 2.24) is 0 Å². The summed E-state index contributed by atoms with van der Waals surface area (Å²) in [7, 11) is 0. The Morgan fingerprint density at radius 3 is 2.12 bits per heavy atom. The standard InChI is InChI=1S/C19H31F3O2/c1-2-3-4-5-14-6-8-15(9-7-14)18(23)24-17-12-10-16(11-13-17)19(20,21)22/h14-17H,2-13H2,1H3. The highest BCUT2D eigenvalue weighted by Gasteiger charge is 2.42. The number of hydrogen-bond donors (Lipinski definition) is 0. The van der Waals surface area contributed by atoms with Crippen LogP contribution in [0.5, 0.6) is 0 Å². The van der Waals surface area contributed by atoms with E-state index in [9.17, 15) is 18.0 Å². The Bertz CT molecular complexity index is 379. The molecule has 0 amide bonds. The number of ether oxygens (including phenoxy) is 1. The lowest BCUT2D eigenvalue weighted by Crippen LogP contribution is -2.33. The van der Waals surface area contributed by atoms with E-state index in [-0.39, 0.29) is 30.8 Å². The van der Waals surface area contributed by atoms with Crippen molar-refractivity contribution in [3.05, 3.63) is 0 Å². The van der Waals surface area contributed by atoms with Crippen molar-refractivity contribution in [3.63, 3.8) is 0 Å². The van der Waals surface area contributed by atoms with Gasteiger partial charge in [-0.15, -0.1) is 0 Å². The first kappa shape index (κ1) is 19.6. The molecular formula is C19H31F3O2. The fraction of sp³-hybridized carbons (Fsp3) is 0.947. The van der Waals surface area contributed by atoms with Crippen LogP contribution < -0.4 is 0 Å². The molecule has 2 nitrogen and oxygen atoms in total. The summed E-state index contributed by atoms with van der Waals surface area (Å²) in [5.41, 5.74) is 0. The largest absolute Gasteiger partial charge is 0.462 e. The third-order valence-electron chi connectivity index (χ3n) is 5.82. The van der Waals surface area contributed by atoms with Crippen molar-refractivity contribution in [1.29, 1.82) is 0 Å². The third-order valence-corrected chi connectivity index (χ3v) is 5.82. The zero-order valence-electron chi connectivity index (χ0n) is 14.7. The lowest BCUT2D eigenvalue weighted by atomic mass is 9.79. The summed E-state index contributed by atoms with van der Waals surface area (Å²) in [6.45, 7) is 2.20. The van der Waals surface area contributed by atoms with Gasteiger partial charge in [-0.25, -0.2) is 0 Å². The number of rotatable bonds is 6. The van der Waals surface area contributed by atoms with E-state index in [1.807, 2.05) is 0 Å². The average molecular weight is 348 g/mol. The average Bonchev–Trinajstić information content (AvgIpc) is 2.55. The van der Waals surface area contributed by atoms with Crippen LogP contribution in [0.4, 0.5) is 13.2 Å². The molecule has 0 heterocycles. The van der Waals surface area contributed by atoms with E-state index in [0.29, 0.717) is 12.8 Å². The van der Waals surface area contributed by atoms with Gasteiger partial charge in [0, 0.05) is 0 Å². The van der Waals surface area contributed by atoms with Gasteiger partial charge in [0.25, 0.3) is 0 Å². The maximum Gasteiger partial charge on any atom is 0.391 e. The number of esters is 1. The Hall–Kier alpha value is -0.740. The van der Waals surface area contributed by atoms with Crippen molar-refractivity contribution >= 4 is 5.97 Å². The normalized spacial score (nSPS) is 31.7. The quantitative estimate of drug-likeness (QED) is 0.432. The summed E-state index contributed by atoms with van der Waals surface area (Å²) < 4.78 is 43.5. The molecule has 24 heavy (non-hydrogen) atoms. The number of unbranched alkanes of at least 4 members (excludes halogenated alkanes) is 2. The van der Waals surface area contributed by atoms with Gasteiger partial charge in [-0.2, -0.15) is 13.2 Å². The summed E-state index contributed by atoms with van der Waals surface area (Å²) in [6, 6.07) is 0. The molecule has 0 bridgehead atoms. The predicted octanol–water partition coefficient (Wildman–Crippen LogP) is 6.04. The number of carbonyl (C=O) groups is 1.